The molecule has 2 heteroatoms. The number of aliphatic hydroxyl groups excluding tert-OH is 1. The van der Waals surface area contributed by atoms with Gasteiger partial charge < -0.3 is 10.4 Å². The molecule has 2 nitrogen and oxygen atoms in total. The maximum Gasteiger partial charge on any atom is 0.0681 e. The zero-order valence-electron chi connectivity index (χ0n) is 9.08. The van der Waals surface area contributed by atoms with Gasteiger partial charge in [-0.05, 0) is 30.0 Å². The zero-order chi connectivity index (χ0) is 10.5. The van der Waals surface area contributed by atoms with E-state index in [1.165, 1.54) is 24.8 Å². The Labute approximate surface area is 91.3 Å². The largest absolute Gasteiger partial charge is 0.392 e. The lowest BCUT2D eigenvalue weighted by atomic mass is 10.1. The number of hydrogen-bond donors (Lipinski definition) is 2. The van der Waals surface area contributed by atoms with Crippen LogP contribution in [0.5, 0.6) is 0 Å². The fourth-order valence-electron chi connectivity index (χ4n) is 1.78. The molecule has 1 saturated carbocycles. The Hall–Kier alpha value is -0.860. The molecule has 0 radical (unpaired) electrons. The van der Waals surface area contributed by atoms with E-state index in [0.717, 1.165) is 24.6 Å². The molecule has 1 aliphatic rings. The van der Waals surface area contributed by atoms with Gasteiger partial charge in [-0.1, -0.05) is 37.1 Å². The van der Waals surface area contributed by atoms with Gasteiger partial charge in [-0.25, -0.2) is 0 Å². The van der Waals surface area contributed by atoms with Crippen molar-refractivity contribution in [1.82, 2.24) is 5.32 Å². The second-order valence-electron chi connectivity index (χ2n) is 4.39. The molecular weight excluding hydrogens is 186 g/mol. The van der Waals surface area contributed by atoms with Crippen LogP contribution in [0, 0.1) is 5.92 Å². The molecule has 1 aromatic rings. The first-order chi connectivity index (χ1) is 7.38. The average molecular weight is 205 g/mol. The molecule has 0 saturated heterocycles. The molecule has 0 heterocycles. The van der Waals surface area contributed by atoms with E-state index in [1.807, 2.05) is 12.1 Å². The van der Waals surface area contributed by atoms with Crippen molar-refractivity contribution in [2.24, 2.45) is 5.92 Å². The monoisotopic (exact) mass is 205 g/mol. The molecule has 1 fully saturated rings. The second-order valence-corrected chi connectivity index (χ2v) is 4.39. The Bertz CT molecular complexity index is 307. The lowest BCUT2D eigenvalue weighted by Gasteiger charge is -2.05. The molecule has 2 rings (SSSR count). The van der Waals surface area contributed by atoms with Gasteiger partial charge in [0, 0.05) is 6.54 Å². The summed E-state index contributed by atoms with van der Waals surface area (Å²) >= 11 is 0. The zero-order valence-corrected chi connectivity index (χ0v) is 9.08. The number of nitrogens with one attached hydrogen (secondary N) is 1. The van der Waals surface area contributed by atoms with Gasteiger partial charge in [0.05, 0.1) is 6.61 Å². The molecule has 1 aliphatic carbocycles. The quantitative estimate of drug-likeness (QED) is 0.697. The molecule has 1 aromatic carbocycles. The molecule has 0 bridgehead atoms. The fourth-order valence-corrected chi connectivity index (χ4v) is 1.78. The summed E-state index contributed by atoms with van der Waals surface area (Å²) in [5, 5.41) is 12.4. The van der Waals surface area contributed by atoms with Crippen LogP contribution in [0.25, 0.3) is 0 Å². The van der Waals surface area contributed by atoms with E-state index in [9.17, 15) is 0 Å². The molecule has 15 heavy (non-hydrogen) atoms. The maximum atomic E-state index is 8.99. The Kier molecular flexibility index (Phi) is 3.75. The number of rotatable bonds is 6. The van der Waals surface area contributed by atoms with E-state index in [-0.39, 0.29) is 6.61 Å². The summed E-state index contributed by atoms with van der Waals surface area (Å²) in [6, 6.07) is 8.12. The summed E-state index contributed by atoms with van der Waals surface area (Å²) in [6.45, 7) is 2.17. The normalized spacial score (nSPS) is 15.5. The summed E-state index contributed by atoms with van der Waals surface area (Å²) in [7, 11) is 0. The summed E-state index contributed by atoms with van der Waals surface area (Å²) in [4.78, 5) is 0. The van der Waals surface area contributed by atoms with Gasteiger partial charge in [-0.3, -0.25) is 0 Å². The number of aliphatic hydroxyl groups is 1. The second kappa shape index (κ2) is 5.29. The smallest absolute Gasteiger partial charge is 0.0681 e. The molecular formula is C13H19NO. The van der Waals surface area contributed by atoms with Gasteiger partial charge in [0.2, 0.25) is 0 Å². The third-order valence-corrected chi connectivity index (χ3v) is 2.93. The highest BCUT2D eigenvalue weighted by atomic mass is 16.3. The van der Waals surface area contributed by atoms with E-state index in [2.05, 4.69) is 17.4 Å². The van der Waals surface area contributed by atoms with Crippen molar-refractivity contribution in [3.05, 3.63) is 35.4 Å². The molecule has 0 aromatic heterocycles. The van der Waals surface area contributed by atoms with Crippen LogP contribution >= 0.6 is 0 Å². The van der Waals surface area contributed by atoms with E-state index in [0.29, 0.717) is 0 Å². The lowest BCUT2D eigenvalue weighted by molar-refractivity contribution is 0.281. The standard InChI is InChI=1S/C13H19NO/c15-10-13-3-1-2-12(8-13)9-14-7-6-11-4-5-11/h1-3,8,11,14-15H,4-7,9-10H2. The first kappa shape index (κ1) is 10.7. The third kappa shape index (κ3) is 3.65. The van der Waals surface area contributed by atoms with Crippen molar-refractivity contribution < 1.29 is 5.11 Å². The average Bonchev–Trinajstić information content (AvgIpc) is 3.09. The van der Waals surface area contributed by atoms with Crippen LogP contribution in [0.15, 0.2) is 24.3 Å². The van der Waals surface area contributed by atoms with Crippen molar-refractivity contribution in [2.45, 2.75) is 32.4 Å². The van der Waals surface area contributed by atoms with Gasteiger partial charge in [0.1, 0.15) is 0 Å². The minimum absolute atomic E-state index is 0.135. The topological polar surface area (TPSA) is 32.3 Å². The minimum atomic E-state index is 0.135. The first-order valence-electron chi connectivity index (χ1n) is 5.78. The highest BCUT2D eigenvalue weighted by Crippen LogP contribution is 2.31. The highest BCUT2D eigenvalue weighted by molar-refractivity contribution is 5.22. The van der Waals surface area contributed by atoms with Gasteiger partial charge >= 0.3 is 0 Å². The third-order valence-electron chi connectivity index (χ3n) is 2.93. The number of benzene rings is 1. The molecule has 0 atom stereocenters. The fraction of sp³-hybridized carbons (Fsp3) is 0.538. The first-order valence-corrected chi connectivity index (χ1v) is 5.78. The maximum absolute atomic E-state index is 8.99. The van der Waals surface area contributed by atoms with Crippen molar-refractivity contribution >= 4 is 0 Å². The molecule has 2 N–H and O–H groups in total. The molecule has 82 valence electrons. The van der Waals surface area contributed by atoms with E-state index < -0.39 is 0 Å². The Morgan fingerprint density at radius 1 is 1.27 bits per heavy atom. The van der Waals surface area contributed by atoms with Crippen LogP contribution in [0.2, 0.25) is 0 Å². The van der Waals surface area contributed by atoms with E-state index in [1.54, 1.807) is 0 Å². The van der Waals surface area contributed by atoms with Gasteiger partial charge in [-0.2, -0.15) is 0 Å². The van der Waals surface area contributed by atoms with Crippen LogP contribution in [0.1, 0.15) is 30.4 Å². The van der Waals surface area contributed by atoms with Gasteiger partial charge in [0.25, 0.3) is 0 Å². The van der Waals surface area contributed by atoms with Crippen molar-refractivity contribution in [3.63, 3.8) is 0 Å². The van der Waals surface area contributed by atoms with Gasteiger partial charge in [-0.15, -0.1) is 0 Å². The van der Waals surface area contributed by atoms with Crippen LogP contribution < -0.4 is 5.32 Å². The lowest BCUT2D eigenvalue weighted by Crippen LogP contribution is -2.15. The summed E-state index contributed by atoms with van der Waals surface area (Å²) in [5.41, 5.74) is 2.26. The van der Waals surface area contributed by atoms with Crippen molar-refractivity contribution in [2.75, 3.05) is 6.54 Å². The summed E-state index contributed by atoms with van der Waals surface area (Å²) in [5.74, 6) is 1.00. The summed E-state index contributed by atoms with van der Waals surface area (Å²) < 4.78 is 0. The summed E-state index contributed by atoms with van der Waals surface area (Å²) in [6.07, 6.45) is 4.18. The molecule has 0 spiro atoms. The van der Waals surface area contributed by atoms with Gasteiger partial charge in [0.15, 0.2) is 0 Å². The minimum Gasteiger partial charge on any atom is -0.392 e. The van der Waals surface area contributed by atoms with Crippen LogP contribution in [-0.4, -0.2) is 11.7 Å². The molecule has 0 unspecified atom stereocenters. The van der Waals surface area contributed by atoms with Crippen LogP contribution in [0.4, 0.5) is 0 Å². The van der Waals surface area contributed by atoms with E-state index in [4.69, 9.17) is 5.11 Å². The SMILES string of the molecule is OCc1cccc(CNCCC2CC2)c1. The predicted octanol–water partition coefficient (Wildman–Crippen LogP) is 2.07. The van der Waals surface area contributed by atoms with Crippen molar-refractivity contribution in [3.8, 4) is 0 Å². The van der Waals surface area contributed by atoms with Crippen LogP contribution in [0.3, 0.4) is 0 Å². The predicted molar refractivity (Wildman–Crippen MR) is 61.4 cm³/mol. The Morgan fingerprint density at radius 2 is 2.07 bits per heavy atom. The highest BCUT2D eigenvalue weighted by Gasteiger charge is 2.19. The van der Waals surface area contributed by atoms with Crippen LogP contribution in [-0.2, 0) is 13.2 Å². The Balaban J connectivity index is 1.71. The Morgan fingerprint density at radius 3 is 2.80 bits per heavy atom. The molecule has 0 amide bonds. The number of hydrogen-bond acceptors (Lipinski definition) is 2. The van der Waals surface area contributed by atoms with E-state index >= 15 is 0 Å². The molecule has 0 aliphatic heterocycles. The van der Waals surface area contributed by atoms with Crippen molar-refractivity contribution in [1.29, 1.82) is 0 Å².